The van der Waals surface area contributed by atoms with Crippen molar-refractivity contribution in [2.24, 2.45) is 5.92 Å². The average molecular weight is 204 g/mol. The number of hydrogen-bond acceptors (Lipinski definition) is 4. The molecule has 80 valence electrons. The topological polar surface area (TPSA) is 49.8 Å². The van der Waals surface area contributed by atoms with Gasteiger partial charge in [-0.15, -0.1) is 5.10 Å². The highest BCUT2D eigenvalue weighted by molar-refractivity contribution is 5.39. The van der Waals surface area contributed by atoms with Crippen molar-refractivity contribution in [2.75, 3.05) is 18.4 Å². The van der Waals surface area contributed by atoms with Gasteiger partial charge in [0.1, 0.15) is 5.82 Å². The van der Waals surface area contributed by atoms with E-state index in [1.54, 1.807) is 0 Å². The number of anilines is 1. The van der Waals surface area contributed by atoms with Crippen LogP contribution in [0.15, 0.2) is 6.07 Å². The van der Waals surface area contributed by atoms with Crippen molar-refractivity contribution in [1.82, 2.24) is 15.5 Å². The zero-order valence-corrected chi connectivity index (χ0v) is 8.79. The Morgan fingerprint density at radius 1 is 1.40 bits per heavy atom. The molecule has 1 aliphatic carbocycles. The number of fused-ring (bicyclic) bond motifs is 1. The first-order chi connectivity index (χ1) is 7.42. The molecule has 0 bridgehead atoms. The van der Waals surface area contributed by atoms with Gasteiger partial charge >= 0.3 is 0 Å². The first-order valence-electron chi connectivity index (χ1n) is 5.72. The van der Waals surface area contributed by atoms with Crippen LogP contribution in [-0.4, -0.2) is 23.3 Å². The third-order valence-corrected chi connectivity index (χ3v) is 3.08. The van der Waals surface area contributed by atoms with Crippen molar-refractivity contribution in [3.63, 3.8) is 0 Å². The molecule has 1 aromatic heterocycles. The highest BCUT2D eigenvalue weighted by Gasteiger charge is 2.21. The lowest BCUT2D eigenvalue weighted by Gasteiger charge is -2.16. The smallest absolute Gasteiger partial charge is 0.148 e. The molecule has 4 heteroatoms. The number of rotatable bonds is 3. The molecule has 1 aliphatic heterocycles. The van der Waals surface area contributed by atoms with Crippen LogP contribution in [0, 0.1) is 5.92 Å². The molecule has 2 N–H and O–H groups in total. The highest BCUT2D eigenvalue weighted by Crippen LogP contribution is 2.28. The second kappa shape index (κ2) is 3.77. The number of aromatic nitrogens is 2. The molecule has 3 rings (SSSR count). The molecule has 0 aromatic carbocycles. The molecule has 15 heavy (non-hydrogen) atoms. The van der Waals surface area contributed by atoms with Crippen molar-refractivity contribution in [1.29, 1.82) is 0 Å². The Balaban J connectivity index is 1.71. The molecule has 2 aliphatic rings. The molecule has 1 saturated carbocycles. The SMILES string of the molecule is c1c(NCC2CC2)nnc2c1CNCC2. The zero-order chi connectivity index (χ0) is 10.1. The Labute approximate surface area is 89.5 Å². The third-order valence-electron chi connectivity index (χ3n) is 3.08. The molecule has 1 aromatic rings. The second-order valence-electron chi connectivity index (χ2n) is 4.45. The van der Waals surface area contributed by atoms with Gasteiger partial charge in [0.2, 0.25) is 0 Å². The summed E-state index contributed by atoms with van der Waals surface area (Å²) in [7, 11) is 0. The lowest BCUT2D eigenvalue weighted by molar-refractivity contribution is 0.621. The zero-order valence-electron chi connectivity index (χ0n) is 8.79. The van der Waals surface area contributed by atoms with E-state index in [-0.39, 0.29) is 0 Å². The fourth-order valence-corrected chi connectivity index (χ4v) is 1.91. The molecule has 0 spiro atoms. The Morgan fingerprint density at radius 3 is 3.20 bits per heavy atom. The van der Waals surface area contributed by atoms with Gasteiger partial charge in [-0.05, 0) is 30.4 Å². The van der Waals surface area contributed by atoms with Crippen LogP contribution < -0.4 is 10.6 Å². The summed E-state index contributed by atoms with van der Waals surface area (Å²) in [6.07, 6.45) is 3.74. The maximum atomic E-state index is 4.27. The minimum Gasteiger partial charge on any atom is -0.368 e. The van der Waals surface area contributed by atoms with E-state index >= 15 is 0 Å². The van der Waals surface area contributed by atoms with Gasteiger partial charge in [-0.25, -0.2) is 0 Å². The summed E-state index contributed by atoms with van der Waals surface area (Å²) >= 11 is 0. The number of nitrogens with one attached hydrogen (secondary N) is 2. The normalized spacial score (nSPS) is 19.7. The fourth-order valence-electron chi connectivity index (χ4n) is 1.91. The first-order valence-corrected chi connectivity index (χ1v) is 5.72. The maximum Gasteiger partial charge on any atom is 0.148 e. The van der Waals surface area contributed by atoms with Gasteiger partial charge in [-0.1, -0.05) is 0 Å². The molecule has 4 nitrogen and oxygen atoms in total. The van der Waals surface area contributed by atoms with E-state index in [2.05, 4.69) is 26.9 Å². The van der Waals surface area contributed by atoms with Crippen molar-refractivity contribution in [2.45, 2.75) is 25.8 Å². The lowest BCUT2D eigenvalue weighted by Crippen LogP contribution is -2.25. The van der Waals surface area contributed by atoms with E-state index in [4.69, 9.17) is 0 Å². The third kappa shape index (κ3) is 2.09. The standard InChI is InChI=1S/C11H16N4/c1-2-8(1)6-13-11-5-9-7-12-4-3-10(9)14-15-11/h5,8,12H,1-4,6-7H2,(H,13,15). The van der Waals surface area contributed by atoms with Crippen molar-refractivity contribution >= 4 is 5.82 Å². The highest BCUT2D eigenvalue weighted by atomic mass is 15.2. The Hall–Kier alpha value is -1.16. The Bertz CT molecular complexity index is 360. The van der Waals surface area contributed by atoms with Crippen molar-refractivity contribution < 1.29 is 0 Å². The van der Waals surface area contributed by atoms with Gasteiger partial charge in [0, 0.05) is 26.1 Å². The van der Waals surface area contributed by atoms with E-state index < -0.39 is 0 Å². The summed E-state index contributed by atoms with van der Waals surface area (Å²) in [6, 6.07) is 2.14. The van der Waals surface area contributed by atoms with Crippen LogP contribution in [-0.2, 0) is 13.0 Å². The van der Waals surface area contributed by atoms with Crippen LogP contribution in [0.5, 0.6) is 0 Å². The summed E-state index contributed by atoms with van der Waals surface area (Å²) in [5.41, 5.74) is 2.46. The molecule has 0 atom stereocenters. The predicted octanol–water partition coefficient (Wildman–Crippen LogP) is 0.944. The summed E-state index contributed by atoms with van der Waals surface area (Å²) in [5, 5.41) is 15.2. The lowest BCUT2D eigenvalue weighted by atomic mass is 10.1. The van der Waals surface area contributed by atoms with Crippen molar-refractivity contribution in [3.8, 4) is 0 Å². The van der Waals surface area contributed by atoms with Crippen LogP contribution in [0.25, 0.3) is 0 Å². The molecule has 2 heterocycles. The molecule has 0 unspecified atom stereocenters. The molecule has 0 saturated heterocycles. The van der Waals surface area contributed by atoms with Gasteiger partial charge in [0.05, 0.1) is 5.69 Å². The van der Waals surface area contributed by atoms with Gasteiger partial charge in [0.25, 0.3) is 0 Å². The van der Waals surface area contributed by atoms with E-state index in [0.717, 1.165) is 43.5 Å². The molecule has 0 radical (unpaired) electrons. The molecular formula is C11H16N4. The average Bonchev–Trinajstić information content (AvgIpc) is 3.10. The van der Waals surface area contributed by atoms with E-state index in [0.29, 0.717) is 0 Å². The van der Waals surface area contributed by atoms with Crippen LogP contribution in [0.2, 0.25) is 0 Å². The fraction of sp³-hybridized carbons (Fsp3) is 0.636. The van der Waals surface area contributed by atoms with Crippen LogP contribution in [0.1, 0.15) is 24.1 Å². The van der Waals surface area contributed by atoms with Gasteiger partial charge in [0.15, 0.2) is 0 Å². The van der Waals surface area contributed by atoms with Crippen LogP contribution >= 0.6 is 0 Å². The molecule has 1 fully saturated rings. The Morgan fingerprint density at radius 2 is 2.33 bits per heavy atom. The summed E-state index contributed by atoms with van der Waals surface area (Å²) in [6.45, 7) is 3.01. The summed E-state index contributed by atoms with van der Waals surface area (Å²) in [5.74, 6) is 1.81. The summed E-state index contributed by atoms with van der Waals surface area (Å²) in [4.78, 5) is 0. The largest absolute Gasteiger partial charge is 0.368 e. The van der Waals surface area contributed by atoms with E-state index in [9.17, 15) is 0 Å². The summed E-state index contributed by atoms with van der Waals surface area (Å²) < 4.78 is 0. The first kappa shape index (κ1) is 9.09. The Kier molecular flexibility index (Phi) is 2.29. The van der Waals surface area contributed by atoms with Gasteiger partial charge in [-0.3, -0.25) is 0 Å². The monoisotopic (exact) mass is 204 g/mol. The minimum absolute atomic E-state index is 0.876. The quantitative estimate of drug-likeness (QED) is 0.769. The van der Waals surface area contributed by atoms with Crippen LogP contribution in [0.4, 0.5) is 5.82 Å². The molecular weight excluding hydrogens is 188 g/mol. The van der Waals surface area contributed by atoms with Crippen molar-refractivity contribution in [3.05, 3.63) is 17.3 Å². The number of nitrogens with zero attached hydrogens (tertiary/aromatic N) is 2. The van der Waals surface area contributed by atoms with Gasteiger partial charge in [-0.2, -0.15) is 5.10 Å². The van der Waals surface area contributed by atoms with E-state index in [1.165, 1.54) is 18.4 Å². The predicted molar refractivity (Wildman–Crippen MR) is 58.7 cm³/mol. The van der Waals surface area contributed by atoms with E-state index in [1.807, 2.05) is 0 Å². The second-order valence-corrected chi connectivity index (χ2v) is 4.45. The number of hydrogen-bond donors (Lipinski definition) is 2. The minimum atomic E-state index is 0.876. The van der Waals surface area contributed by atoms with Gasteiger partial charge < -0.3 is 10.6 Å². The van der Waals surface area contributed by atoms with Crippen LogP contribution in [0.3, 0.4) is 0 Å². The maximum absolute atomic E-state index is 4.27. The molecule has 0 amide bonds.